The van der Waals surface area contributed by atoms with Gasteiger partial charge in [0.2, 0.25) is 0 Å². The van der Waals surface area contributed by atoms with Crippen LogP contribution in [0.3, 0.4) is 0 Å². The Balaban J connectivity index is 1.43. The summed E-state index contributed by atoms with van der Waals surface area (Å²) in [4.78, 5) is 19.2. The Bertz CT molecular complexity index is 834. The number of nitrogens with one attached hydrogen (secondary N) is 1. The number of hydrogen-bond acceptors (Lipinski definition) is 6. The Morgan fingerprint density at radius 2 is 1.96 bits per heavy atom. The van der Waals surface area contributed by atoms with Crippen LogP contribution in [0.1, 0.15) is 29.8 Å². The number of carbonyl (C=O) groups excluding carboxylic acids is 1. The van der Waals surface area contributed by atoms with Crippen molar-refractivity contribution in [3.8, 4) is 22.8 Å². The van der Waals surface area contributed by atoms with Crippen LogP contribution in [0.4, 0.5) is 0 Å². The van der Waals surface area contributed by atoms with Gasteiger partial charge in [0.15, 0.2) is 29.3 Å². The monoisotopic (exact) mass is 355 g/mol. The molecule has 1 amide bonds. The first-order valence-electron chi connectivity index (χ1n) is 9.17. The molecule has 0 saturated carbocycles. The maximum atomic E-state index is 13.1. The summed E-state index contributed by atoms with van der Waals surface area (Å²) in [6.45, 7) is 2.54. The van der Waals surface area contributed by atoms with Crippen molar-refractivity contribution in [2.45, 2.75) is 31.3 Å². The van der Waals surface area contributed by atoms with Crippen LogP contribution < -0.4 is 14.8 Å². The Hall–Kier alpha value is -2.54. The van der Waals surface area contributed by atoms with Gasteiger partial charge in [-0.3, -0.25) is 4.79 Å². The van der Waals surface area contributed by atoms with Crippen LogP contribution >= 0.6 is 0 Å². The number of oxazole rings is 1. The summed E-state index contributed by atoms with van der Waals surface area (Å²) in [5, 5.41) is 3.60. The molecule has 1 aromatic carbocycles. The molecule has 2 saturated heterocycles. The molecule has 136 valence electrons. The molecule has 2 bridgehead atoms. The molecular formula is C19H21N3O4. The van der Waals surface area contributed by atoms with E-state index in [1.807, 2.05) is 23.1 Å². The van der Waals surface area contributed by atoms with Crippen LogP contribution in [0.5, 0.6) is 11.5 Å². The van der Waals surface area contributed by atoms with Crippen molar-refractivity contribution in [2.24, 2.45) is 0 Å². The molecular weight excluding hydrogens is 334 g/mol. The molecule has 2 unspecified atom stereocenters. The normalized spacial score (nSPS) is 24.4. The Morgan fingerprint density at radius 3 is 2.88 bits per heavy atom. The van der Waals surface area contributed by atoms with Crippen molar-refractivity contribution in [3.63, 3.8) is 0 Å². The van der Waals surface area contributed by atoms with E-state index in [0.717, 1.165) is 31.5 Å². The van der Waals surface area contributed by atoms with Crippen molar-refractivity contribution >= 4 is 5.91 Å². The van der Waals surface area contributed by atoms with E-state index in [2.05, 4.69) is 10.3 Å². The van der Waals surface area contributed by atoms with Crippen LogP contribution in [0, 0.1) is 0 Å². The number of nitrogens with zero attached hydrogens (tertiary/aromatic N) is 2. The number of carbonyl (C=O) groups is 1. The lowest BCUT2D eigenvalue weighted by atomic mass is 10.1. The average molecular weight is 355 g/mol. The highest BCUT2D eigenvalue weighted by Gasteiger charge is 2.33. The predicted molar refractivity (Wildman–Crippen MR) is 93.4 cm³/mol. The Kier molecular flexibility index (Phi) is 3.81. The minimum absolute atomic E-state index is 0.0713. The number of likely N-dealkylation sites (tertiary alicyclic amines) is 1. The van der Waals surface area contributed by atoms with Gasteiger partial charge in [-0.2, -0.15) is 0 Å². The third kappa shape index (κ3) is 2.72. The summed E-state index contributed by atoms with van der Waals surface area (Å²) in [7, 11) is 0. The van der Waals surface area contributed by atoms with Gasteiger partial charge in [0.25, 0.3) is 5.91 Å². The van der Waals surface area contributed by atoms with Gasteiger partial charge in [-0.25, -0.2) is 4.98 Å². The van der Waals surface area contributed by atoms with Crippen molar-refractivity contribution in [1.29, 1.82) is 0 Å². The fraction of sp³-hybridized carbons (Fsp3) is 0.474. The summed E-state index contributed by atoms with van der Waals surface area (Å²) in [5.74, 6) is 1.79. The van der Waals surface area contributed by atoms with Gasteiger partial charge in [-0.1, -0.05) is 0 Å². The van der Waals surface area contributed by atoms with E-state index in [4.69, 9.17) is 13.9 Å². The molecule has 0 spiro atoms. The number of amides is 1. The van der Waals surface area contributed by atoms with Gasteiger partial charge in [0.1, 0.15) is 13.2 Å². The SMILES string of the molecule is O=C(c1ncoc1-c1ccc2c(c1)OCCO2)N1CCC2CCC(C1)N2. The molecule has 0 aliphatic carbocycles. The summed E-state index contributed by atoms with van der Waals surface area (Å²) < 4.78 is 16.8. The van der Waals surface area contributed by atoms with Gasteiger partial charge < -0.3 is 24.1 Å². The third-order valence-corrected chi connectivity index (χ3v) is 5.38. The van der Waals surface area contributed by atoms with Gasteiger partial charge >= 0.3 is 0 Å². The van der Waals surface area contributed by atoms with Crippen LogP contribution in [0.15, 0.2) is 29.0 Å². The number of rotatable bonds is 2. The quantitative estimate of drug-likeness (QED) is 0.889. The molecule has 4 heterocycles. The first kappa shape index (κ1) is 15.7. The third-order valence-electron chi connectivity index (χ3n) is 5.38. The van der Waals surface area contributed by atoms with E-state index in [9.17, 15) is 4.79 Å². The average Bonchev–Trinajstić information content (AvgIpc) is 3.27. The molecule has 7 nitrogen and oxygen atoms in total. The number of hydrogen-bond donors (Lipinski definition) is 1. The second-order valence-electron chi connectivity index (χ2n) is 7.07. The van der Waals surface area contributed by atoms with Crippen molar-refractivity contribution in [2.75, 3.05) is 26.3 Å². The molecule has 0 radical (unpaired) electrons. The molecule has 7 heteroatoms. The lowest BCUT2D eigenvalue weighted by molar-refractivity contribution is 0.0743. The number of benzene rings is 1. The molecule has 26 heavy (non-hydrogen) atoms. The van der Waals surface area contributed by atoms with Crippen molar-refractivity contribution < 1.29 is 18.7 Å². The van der Waals surface area contributed by atoms with Crippen molar-refractivity contribution in [3.05, 3.63) is 30.3 Å². The van der Waals surface area contributed by atoms with E-state index in [1.54, 1.807) is 0 Å². The van der Waals surface area contributed by atoms with Crippen LogP contribution in [-0.2, 0) is 0 Å². The molecule has 5 rings (SSSR count). The smallest absolute Gasteiger partial charge is 0.276 e. The first-order chi connectivity index (χ1) is 12.8. The zero-order chi connectivity index (χ0) is 17.5. The fourth-order valence-corrected chi connectivity index (χ4v) is 4.07. The summed E-state index contributed by atoms with van der Waals surface area (Å²) in [6, 6.07) is 6.48. The van der Waals surface area contributed by atoms with Gasteiger partial charge in [0.05, 0.1) is 0 Å². The van der Waals surface area contributed by atoms with E-state index >= 15 is 0 Å². The van der Waals surface area contributed by atoms with E-state index in [0.29, 0.717) is 48.3 Å². The zero-order valence-electron chi connectivity index (χ0n) is 14.4. The molecule has 2 aromatic rings. The van der Waals surface area contributed by atoms with E-state index in [-0.39, 0.29) is 5.91 Å². The molecule has 3 aliphatic heterocycles. The molecule has 1 N–H and O–H groups in total. The topological polar surface area (TPSA) is 76.8 Å². The number of aromatic nitrogens is 1. The minimum Gasteiger partial charge on any atom is -0.486 e. The van der Waals surface area contributed by atoms with E-state index in [1.165, 1.54) is 12.8 Å². The van der Waals surface area contributed by atoms with Crippen LogP contribution in [-0.4, -0.2) is 54.2 Å². The second-order valence-corrected chi connectivity index (χ2v) is 7.07. The zero-order valence-corrected chi connectivity index (χ0v) is 14.4. The molecule has 2 atom stereocenters. The lowest BCUT2D eigenvalue weighted by Crippen LogP contribution is -2.39. The van der Waals surface area contributed by atoms with Gasteiger partial charge in [-0.05, 0) is 37.5 Å². The maximum absolute atomic E-state index is 13.1. The Morgan fingerprint density at radius 1 is 1.12 bits per heavy atom. The minimum atomic E-state index is -0.0713. The maximum Gasteiger partial charge on any atom is 0.276 e. The highest BCUT2D eigenvalue weighted by molar-refractivity contribution is 5.97. The highest BCUT2D eigenvalue weighted by Crippen LogP contribution is 2.36. The van der Waals surface area contributed by atoms with Crippen molar-refractivity contribution in [1.82, 2.24) is 15.2 Å². The summed E-state index contributed by atoms with van der Waals surface area (Å²) in [5.41, 5.74) is 1.13. The Labute approximate surface area is 151 Å². The van der Waals surface area contributed by atoms with E-state index < -0.39 is 0 Å². The molecule has 2 fully saturated rings. The standard InChI is InChI=1S/C19H21N3O4/c23-19(22-6-5-13-2-3-14(10-22)21-13)17-18(26-11-20-17)12-1-4-15-16(9-12)25-8-7-24-15/h1,4,9,11,13-14,21H,2-3,5-8,10H2. The van der Waals surface area contributed by atoms with Gasteiger partial charge in [0, 0.05) is 30.7 Å². The highest BCUT2D eigenvalue weighted by atomic mass is 16.6. The summed E-state index contributed by atoms with van der Waals surface area (Å²) in [6.07, 6.45) is 4.66. The molecule has 1 aromatic heterocycles. The molecule has 3 aliphatic rings. The fourth-order valence-electron chi connectivity index (χ4n) is 4.07. The van der Waals surface area contributed by atoms with Crippen LogP contribution in [0.2, 0.25) is 0 Å². The number of ether oxygens (including phenoxy) is 2. The second kappa shape index (κ2) is 6.32. The number of fused-ring (bicyclic) bond motifs is 3. The van der Waals surface area contributed by atoms with Crippen LogP contribution in [0.25, 0.3) is 11.3 Å². The van der Waals surface area contributed by atoms with Gasteiger partial charge in [-0.15, -0.1) is 0 Å². The summed E-state index contributed by atoms with van der Waals surface area (Å²) >= 11 is 0. The first-order valence-corrected chi connectivity index (χ1v) is 9.17. The lowest BCUT2D eigenvalue weighted by Gasteiger charge is -2.23. The predicted octanol–water partition coefficient (Wildman–Crippen LogP) is 2.08. The largest absolute Gasteiger partial charge is 0.486 e.